The van der Waals surface area contributed by atoms with Crippen molar-refractivity contribution in [3.05, 3.63) is 0 Å². The number of carbonyl (C=O) groups is 1. The van der Waals surface area contributed by atoms with Crippen LogP contribution in [0.4, 0.5) is 0 Å². The van der Waals surface area contributed by atoms with Gasteiger partial charge in [0, 0.05) is 0 Å². The van der Waals surface area contributed by atoms with Gasteiger partial charge in [-0.2, -0.15) is 0 Å². The topological polar surface area (TPSA) is 52.3 Å². The van der Waals surface area contributed by atoms with Crippen molar-refractivity contribution in [2.24, 2.45) is 11.7 Å². The average molecular weight is 199 g/mol. The SMILES string of the molecule is CCOC(=O)C1(N)CCCC(CC)C1. The van der Waals surface area contributed by atoms with E-state index in [2.05, 4.69) is 6.92 Å². The standard InChI is InChI=1S/C11H21NO2/c1-3-9-6-5-7-11(12,8-9)10(13)14-4-2/h9H,3-8,12H2,1-2H3. The predicted octanol–water partition coefficient (Wildman–Crippen LogP) is 1.85. The summed E-state index contributed by atoms with van der Waals surface area (Å²) in [4.78, 5) is 11.6. The first-order valence-corrected chi connectivity index (χ1v) is 5.58. The van der Waals surface area contributed by atoms with E-state index >= 15 is 0 Å². The highest BCUT2D eigenvalue weighted by Gasteiger charge is 2.39. The van der Waals surface area contributed by atoms with Crippen LogP contribution in [0.5, 0.6) is 0 Å². The van der Waals surface area contributed by atoms with Crippen LogP contribution in [-0.2, 0) is 9.53 Å². The lowest BCUT2D eigenvalue weighted by atomic mass is 9.75. The molecule has 2 unspecified atom stereocenters. The first-order valence-electron chi connectivity index (χ1n) is 5.58. The summed E-state index contributed by atoms with van der Waals surface area (Å²) in [5, 5.41) is 0. The van der Waals surface area contributed by atoms with Crippen LogP contribution in [0.3, 0.4) is 0 Å². The number of rotatable bonds is 3. The van der Waals surface area contributed by atoms with Gasteiger partial charge in [0.1, 0.15) is 5.54 Å². The second kappa shape index (κ2) is 4.78. The molecule has 1 saturated carbocycles. The van der Waals surface area contributed by atoms with Gasteiger partial charge in [0.25, 0.3) is 0 Å². The molecule has 0 saturated heterocycles. The van der Waals surface area contributed by atoms with Crippen molar-refractivity contribution in [2.75, 3.05) is 6.61 Å². The molecule has 1 aliphatic carbocycles. The van der Waals surface area contributed by atoms with Gasteiger partial charge in [-0.1, -0.05) is 26.2 Å². The third kappa shape index (κ3) is 2.47. The number of nitrogens with two attached hydrogens (primary N) is 1. The highest BCUT2D eigenvalue weighted by molar-refractivity contribution is 5.80. The maximum Gasteiger partial charge on any atom is 0.326 e. The molecule has 14 heavy (non-hydrogen) atoms. The molecule has 0 bridgehead atoms. The molecule has 0 aliphatic heterocycles. The number of hydrogen-bond donors (Lipinski definition) is 1. The zero-order valence-electron chi connectivity index (χ0n) is 9.21. The van der Waals surface area contributed by atoms with Crippen LogP contribution in [0.25, 0.3) is 0 Å². The lowest BCUT2D eigenvalue weighted by Gasteiger charge is -2.35. The van der Waals surface area contributed by atoms with E-state index in [9.17, 15) is 4.79 Å². The summed E-state index contributed by atoms with van der Waals surface area (Å²) in [6.45, 7) is 4.40. The molecule has 0 aromatic rings. The second-order valence-corrected chi connectivity index (χ2v) is 4.25. The molecular formula is C11H21NO2. The maximum atomic E-state index is 11.6. The van der Waals surface area contributed by atoms with E-state index in [0.717, 1.165) is 25.7 Å². The molecule has 0 amide bonds. The van der Waals surface area contributed by atoms with Gasteiger partial charge in [-0.15, -0.1) is 0 Å². The Bertz CT molecular complexity index is 205. The summed E-state index contributed by atoms with van der Waals surface area (Å²) in [5.74, 6) is 0.385. The minimum atomic E-state index is -0.699. The fourth-order valence-corrected chi connectivity index (χ4v) is 2.23. The summed E-state index contributed by atoms with van der Waals surface area (Å²) in [6.07, 6.45) is 4.94. The van der Waals surface area contributed by atoms with E-state index in [1.165, 1.54) is 6.42 Å². The summed E-state index contributed by atoms with van der Waals surface area (Å²) >= 11 is 0. The second-order valence-electron chi connectivity index (χ2n) is 4.25. The van der Waals surface area contributed by atoms with Gasteiger partial charge in [0.05, 0.1) is 6.61 Å². The summed E-state index contributed by atoms with van der Waals surface area (Å²) in [7, 11) is 0. The normalized spacial score (nSPS) is 32.6. The van der Waals surface area contributed by atoms with Gasteiger partial charge in [-0.25, -0.2) is 0 Å². The zero-order chi connectivity index (χ0) is 10.6. The minimum absolute atomic E-state index is 0.210. The number of carbonyl (C=O) groups excluding carboxylic acids is 1. The Morgan fingerprint density at radius 3 is 2.86 bits per heavy atom. The predicted molar refractivity (Wildman–Crippen MR) is 55.8 cm³/mol. The summed E-state index contributed by atoms with van der Waals surface area (Å²) < 4.78 is 5.01. The van der Waals surface area contributed by atoms with Crippen molar-refractivity contribution in [1.82, 2.24) is 0 Å². The Balaban J connectivity index is 2.58. The Kier molecular flexibility index (Phi) is 3.93. The highest BCUT2D eigenvalue weighted by atomic mass is 16.5. The molecule has 2 N–H and O–H groups in total. The van der Waals surface area contributed by atoms with Crippen LogP contribution >= 0.6 is 0 Å². The molecule has 0 aromatic carbocycles. The molecule has 2 atom stereocenters. The Labute approximate surface area is 86.0 Å². The van der Waals surface area contributed by atoms with Gasteiger partial charge >= 0.3 is 5.97 Å². The van der Waals surface area contributed by atoms with Gasteiger partial charge in [-0.05, 0) is 25.7 Å². The number of hydrogen-bond acceptors (Lipinski definition) is 3. The Morgan fingerprint density at radius 2 is 2.29 bits per heavy atom. The van der Waals surface area contributed by atoms with Crippen LogP contribution in [0.2, 0.25) is 0 Å². The van der Waals surface area contributed by atoms with Gasteiger partial charge in [-0.3, -0.25) is 4.79 Å². The van der Waals surface area contributed by atoms with Crippen molar-refractivity contribution in [3.8, 4) is 0 Å². The maximum absolute atomic E-state index is 11.6. The smallest absolute Gasteiger partial charge is 0.326 e. The molecule has 1 aliphatic rings. The van der Waals surface area contributed by atoms with E-state index < -0.39 is 5.54 Å². The lowest BCUT2D eigenvalue weighted by molar-refractivity contribution is -0.151. The Morgan fingerprint density at radius 1 is 1.57 bits per heavy atom. The molecule has 0 aromatic heterocycles. The Hall–Kier alpha value is -0.570. The van der Waals surface area contributed by atoms with E-state index in [-0.39, 0.29) is 5.97 Å². The molecule has 3 heteroatoms. The largest absolute Gasteiger partial charge is 0.465 e. The number of ether oxygens (including phenoxy) is 1. The fraction of sp³-hybridized carbons (Fsp3) is 0.909. The van der Waals surface area contributed by atoms with Crippen LogP contribution in [0.15, 0.2) is 0 Å². The monoisotopic (exact) mass is 199 g/mol. The van der Waals surface area contributed by atoms with Crippen molar-refractivity contribution in [1.29, 1.82) is 0 Å². The van der Waals surface area contributed by atoms with Gasteiger partial charge in [0.2, 0.25) is 0 Å². The lowest BCUT2D eigenvalue weighted by Crippen LogP contribution is -2.52. The van der Waals surface area contributed by atoms with Crippen LogP contribution in [-0.4, -0.2) is 18.1 Å². The molecule has 1 fully saturated rings. The van der Waals surface area contributed by atoms with Crippen molar-refractivity contribution in [2.45, 2.75) is 51.5 Å². The quantitative estimate of drug-likeness (QED) is 0.706. The molecular weight excluding hydrogens is 178 g/mol. The van der Waals surface area contributed by atoms with E-state index in [4.69, 9.17) is 10.5 Å². The summed E-state index contributed by atoms with van der Waals surface area (Å²) in [5.41, 5.74) is 5.38. The van der Waals surface area contributed by atoms with E-state index in [0.29, 0.717) is 12.5 Å². The molecule has 0 heterocycles. The molecule has 3 nitrogen and oxygen atoms in total. The minimum Gasteiger partial charge on any atom is -0.465 e. The van der Waals surface area contributed by atoms with Crippen LogP contribution < -0.4 is 5.73 Å². The third-order valence-electron chi connectivity index (χ3n) is 3.15. The molecule has 0 radical (unpaired) electrons. The van der Waals surface area contributed by atoms with Crippen LogP contribution in [0.1, 0.15) is 46.0 Å². The van der Waals surface area contributed by atoms with Crippen molar-refractivity contribution < 1.29 is 9.53 Å². The highest BCUT2D eigenvalue weighted by Crippen LogP contribution is 2.33. The summed E-state index contributed by atoms with van der Waals surface area (Å²) in [6, 6.07) is 0. The zero-order valence-corrected chi connectivity index (χ0v) is 9.21. The van der Waals surface area contributed by atoms with E-state index in [1.807, 2.05) is 6.92 Å². The number of esters is 1. The molecule has 0 spiro atoms. The van der Waals surface area contributed by atoms with Crippen molar-refractivity contribution in [3.63, 3.8) is 0 Å². The molecule has 82 valence electrons. The molecule has 1 rings (SSSR count). The van der Waals surface area contributed by atoms with Gasteiger partial charge < -0.3 is 10.5 Å². The average Bonchev–Trinajstić information content (AvgIpc) is 2.18. The first kappa shape index (κ1) is 11.5. The van der Waals surface area contributed by atoms with Crippen molar-refractivity contribution >= 4 is 5.97 Å². The van der Waals surface area contributed by atoms with E-state index in [1.54, 1.807) is 0 Å². The fourth-order valence-electron chi connectivity index (χ4n) is 2.23. The third-order valence-corrected chi connectivity index (χ3v) is 3.15. The van der Waals surface area contributed by atoms with Crippen LogP contribution in [0, 0.1) is 5.92 Å². The van der Waals surface area contributed by atoms with Gasteiger partial charge in [0.15, 0.2) is 0 Å². The first-order chi connectivity index (χ1) is 6.62.